The highest BCUT2D eigenvalue weighted by Crippen LogP contribution is 2.28. The molecule has 0 radical (unpaired) electrons. The van der Waals surface area contributed by atoms with Crippen molar-refractivity contribution in [2.45, 2.75) is 13.0 Å². The second kappa shape index (κ2) is 8.44. The number of aromatic nitrogens is 2. The third kappa shape index (κ3) is 5.08. The zero-order valence-corrected chi connectivity index (χ0v) is 17.7. The fraction of sp³-hybridized carbons (Fsp3) is 0.167. The van der Waals surface area contributed by atoms with Crippen LogP contribution in [0.2, 0.25) is 5.02 Å². The van der Waals surface area contributed by atoms with Crippen LogP contribution >= 0.6 is 22.9 Å². The second-order valence-corrected chi connectivity index (χ2v) is 9.40. The standard InChI is InChI=1S/C18H16ClFN4O3S2/c1-11(24(29(2,26)27)15-5-3-4-14(20)10-15)16(25)21-18-23-22-17(28-18)12-6-8-13(19)9-7-12/h3-11H,1-2H3,(H,21,23,25). The highest BCUT2D eigenvalue weighted by molar-refractivity contribution is 7.92. The van der Waals surface area contributed by atoms with Gasteiger partial charge in [0.15, 0.2) is 0 Å². The van der Waals surface area contributed by atoms with Gasteiger partial charge in [0, 0.05) is 10.6 Å². The third-order valence-corrected chi connectivity index (χ3v) is 6.28. The number of nitrogens with zero attached hydrogens (tertiary/aromatic N) is 3. The molecule has 1 N–H and O–H groups in total. The number of benzene rings is 2. The molecular formula is C18H16ClFN4O3S2. The lowest BCUT2D eigenvalue weighted by atomic mass is 10.2. The molecule has 0 spiro atoms. The monoisotopic (exact) mass is 454 g/mol. The van der Waals surface area contributed by atoms with E-state index in [9.17, 15) is 17.6 Å². The van der Waals surface area contributed by atoms with E-state index in [1.165, 1.54) is 25.1 Å². The van der Waals surface area contributed by atoms with Crippen LogP contribution < -0.4 is 9.62 Å². The molecule has 152 valence electrons. The van der Waals surface area contributed by atoms with Gasteiger partial charge in [-0.15, -0.1) is 10.2 Å². The molecule has 1 amide bonds. The summed E-state index contributed by atoms with van der Waals surface area (Å²) in [7, 11) is -3.85. The van der Waals surface area contributed by atoms with Gasteiger partial charge >= 0.3 is 0 Å². The Bertz CT molecular complexity index is 1140. The van der Waals surface area contributed by atoms with Crippen molar-refractivity contribution in [3.05, 3.63) is 59.4 Å². The molecular weight excluding hydrogens is 439 g/mol. The Morgan fingerprint density at radius 1 is 1.21 bits per heavy atom. The van der Waals surface area contributed by atoms with Crippen molar-refractivity contribution in [1.82, 2.24) is 10.2 Å². The molecule has 1 aromatic heterocycles. The number of hydrogen-bond acceptors (Lipinski definition) is 6. The molecule has 0 fully saturated rings. The van der Waals surface area contributed by atoms with E-state index in [0.717, 1.165) is 33.5 Å². The van der Waals surface area contributed by atoms with E-state index < -0.39 is 27.8 Å². The quantitative estimate of drug-likeness (QED) is 0.611. The first-order valence-corrected chi connectivity index (χ1v) is 11.3. The number of amides is 1. The summed E-state index contributed by atoms with van der Waals surface area (Å²) in [6.07, 6.45) is 0.950. The number of carbonyl (C=O) groups is 1. The predicted molar refractivity (Wildman–Crippen MR) is 112 cm³/mol. The average Bonchev–Trinajstić information content (AvgIpc) is 3.09. The molecule has 0 saturated carbocycles. The van der Waals surface area contributed by atoms with Gasteiger partial charge < -0.3 is 0 Å². The lowest BCUT2D eigenvalue weighted by Gasteiger charge is -2.27. The van der Waals surface area contributed by atoms with Gasteiger partial charge in [-0.1, -0.05) is 41.1 Å². The van der Waals surface area contributed by atoms with Crippen LogP contribution in [-0.4, -0.2) is 36.8 Å². The average molecular weight is 455 g/mol. The van der Waals surface area contributed by atoms with E-state index in [1.54, 1.807) is 24.3 Å². The molecule has 3 rings (SSSR count). The smallest absolute Gasteiger partial charge is 0.249 e. The van der Waals surface area contributed by atoms with Crippen molar-refractivity contribution in [3.63, 3.8) is 0 Å². The molecule has 2 aromatic carbocycles. The molecule has 29 heavy (non-hydrogen) atoms. The zero-order valence-electron chi connectivity index (χ0n) is 15.3. The summed E-state index contributed by atoms with van der Waals surface area (Å²) < 4.78 is 38.9. The van der Waals surface area contributed by atoms with Gasteiger partial charge in [0.25, 0.3) is 0 Å². The number of rotatable bonds is 6. The number of halogens is 2. The summed E-state index contributed by atoms with van der Waals surface area (Å²) in [6, 6.07) is 10.8. The van der Waals surface area contributed by atoms with Crippen molar-refractivity contribution in [2.24, 2.45) is 0 Å². The van der Waals surface area contributed by atoms with E-state index in [-0.39, 0.29) is 10.8 Å². The van der Waals surface area contributed by atoms with Crippen molar-refractivity contribution in [1.29, 1.82) is 0 Å². The van der Waals surface area contributed by atoms with E-state index in [2.05, 4.69) is 15.5 Å². The summed E-state index contributed by atoms with van der Waals surface area (Å²) in [6.45, 7) is 1.41. The highest BCUT2D eigenvalue weighted by Gasteiger charge is 2.30. The van der Waals surface area contributed by atoms with Gasteiger partial charge in [0.1, 0.15) is 16.9 Å². The van der Waals surface area contributed by atoms with E-state index in [0.29, 0.717) is 10.0 Å². The Morgan fingerprint density at radius 2 is 1.90 bits per heavy atom. The van der Waals surface area contributed by atoms with Crippen molar-refractivity contribution >= 4 is 49.7 Å². The highest BCUT2D eigenvalue weighted by atomic mass is 35.5. The topological polar surface area (TPSA) is 92.3 Å². The number of hydrogen-bond donors (Lipinski definition) is 1. The molecule has 1 heterocycles. The number of sulfonamides is 1. The Kier molecular flexibility index (Phi) is 6.15. The molecule has 0 saturated heterocycles. The minimum Gasteiger partial charge on any atom is -0.299 e. The normalized spacial score (nSPS) is 12.4. The first kappa shape index (κ1) is 21.2. The van der Waals surface area contributed by atoms with Crippen molar-refractivity contribution < 1.29 is 17.6 Å². The molecule has 0 aliphatic heterocycles. The first-order valence-electron chi connectivity index (χ1n) is 8.30. The van der Waals surface area contributed by atoms with E-state index in [4.69, 9.17) is 11.6 Å². The lowest BCUT2D eigenvalue weighted by molar-refractivity contribution is -0.116. The summed E-state index contributed by atoms with van der Waals surface area (Å²) >= 11 is 7.00. The largest absolute Gasteiger partial charge is 0.299 e. The summed E-state index contributed by atoms with van der Waals surface area (Å²) in [5.41, 5.74) is 0.826. The van der Waals surface area contributed by atoms with Crippen LogP contribution in [-0.2, 0) is 14.8 Å². The first-order chi connectivity index (χ1) is 13.6. The van der Waals surface area contributed by atoms with E-state index >= 15 is 0 Å². The molecule has 0 aliphatic rings. The van der Waals surface area contributed by atoms with Crippen LogP contribution in [0, 0.1) is 5.82 Å². The molecule has 11 heteroatoms. The third-order valence-electron chi connectivity index (χ3n) is 3.90. The van der Waals surface area contributed by atoms with Gasteiger partial charge in [0.2, 0.25) is 21.1 Å². The van der Waals surface area contributed by atoms with Gasteiger partial charge in [-0.3, -0.25) is 14.4 Å². The predicted octanol–water partition coefficient (Wildman–Crippen LogP) is 3.79. The maximum absolute atomic E-state index is 13.6. The van der Waals surface area contributed by atoms with Crippen molar-refractivity contribution in [2.75, 3.05) is 15.9 Å². The minimum atomic E-state index is -3.85. The maximum atomic E-state index is 13.6. The van der Waals surface area contributed by atoms with E-state index in [1.807, 2.05) is 0 Å². The fourth-order valence-corrected chi connectivity index (χ4v) is 4.66. The Balaban J connectivity index is 1.81. The summed E-state index contributed by atoms with van der Waals surface area (Å²) in [5.74, 6) is -1.24. The fourth-order valence-electron chi connectivity index (χ4n) is 2.61. The van der Waals surface area contributed by atoms with Gasteiger partial charge in [-0.05, 0) is 37.3 Å². The number of nitrogens with one attached hydrogen (secondary N) is 1. The number of carbonyl (C=O) groups excluding carboxylic acids is 1. The zero-order chi connectivity index (χ0) is 21.2. The number of anilines is 2. The Morgan fingerprint density at radius 3 is 2.52 bits per heavy atom. The molecule has 1 atom stereocenters. The second-order valence-electron chi connectivity index (χ2n) is 6.12. The van der Waals surface area contributed by atoms with Crippen LogP contribution in [0.15, 0.2) is 48.5 Å². The minimum absolute atomic E-state index is 0.0502. The Labute approximate surface area is 176 Å². The Hall–Kier alpha value is -2.56. The van der Waals surface area contributed by atoms with Gasteiger partial charge in [-0.2, -0.15) is 0 Å². The SMILES string of the molecule is CC(C(=O)Nc1nnc(-c2ccc(Cl)cc2)s1)N(c1cccc(F)c1)S(C)(=O)=O. The summed E-state index contributed by atoms with van der Waals surface area (Å²) in [4.78, 5) is 12.7. The van der Waals surface area contributed by atoms with Crippen molar-refractivity contribution in [3.8, 4) is 10.6 Å². The van der Waals surface area contributed by atoms with Crippen LogP contribution in [0.25, 0.3) is 10.6 Å². The van der Waals surface area contributed by atoms with Gasteiger partial charge in [0.05, 0.1) is 11.9 Å². The molecule has 7 nitrogen and oxygen atoms in total. The molecule has 1 unspecified atom stereocenters. The molecule has 0 bridgehead atoms. The van der Waals surface area contributed by atoms with Crippen LogP contribution in [0.3, 0.4) is 0 Å². The summed E-state index contributed by atoms with van der Waals surface area (Å²) in [5, 5.41) is 11.9. The van der Waals surface area contributed by atoms with Gasteiger partial charge in [-0.25, -0.2) is 12.8 Å². The maximum Gasteiger partial charge on any atom is 0.249 e. The van der Waals surface area contributed by atoms with Crippen LogP contribution in [0.1, 0.15) is 6.92 Å². The molecule has 0 aliphatic carbocycles. The molecule has 3 aromatic rings. The lowest BCUT2D eigenvalue weighted by Crippen LogP contribution is -2.45. The van der Waals surface area contributed by atoms with Crippen LogP contribution in [0.5, 0.6) is 0 Å². The van der Waals surface area contributed by atoms with Crippen LogP contribution in [0.4, 0.5) is 15.2 Å².